The summed E-state index contributed by atoms with van der Waals surface area (Å²) in [6.45, 7) is 10.6. The zero-order valence-corrected chi connectivity index (χ0v) is 35.5. The fourth-order valence-electron chi connectivity index (χ4n) is 7.08. The maximum absolute atomic E-state index is 13.6. The van der Waals surface area contributed by atoms with Crippen molar-refractivity contribution in [2.45, 2.75) is 83.3 Å². The lowest BCUT2D eigenvalue weighted by molar-refractivity contribution is -0.0991. The van der Waals surface area contributed by atoms with Crippen molar-refractivity contribution in [3.8, 4) is 17.6 Å². The van der Waals surface area contributed by atoms with Gasteiger partial charge in [0.25, 0.3) is 8.53 Å². The molecule has 0 bridgehead atoms. The predicted octanol–water partition coefficient (Wildman–Crippen LogP) is 6.75. The van der Waals surface area contributed by atoms with E-state index in [1.165, 1.54) is 4.57 Å². The summed E-state index contributed by atoms with van der Waals surface area (Å²) in [6.07, 6.45) is -1.79. The number of methoxy groups -OCH3 is 3. The maximum Gasteiger partial charge on any atom is 0.351 e. The lowest BCUT2D eigenvalue weighted by Gasteiger charge is -2.39. The van der Waals surface area contributed by atoms with Crippen LogP contribution in [0, 0.1) is 18.3 Å². The summed E-state index contributed by atoms with van der Waals surface area (Å²) in [6, 6.07) is 27.6. The van der Waals surface area contributed by atoms with Gasteiger partial charge in [0.1, 0.15) is 41.2 Å². The van der Waals surface area contributed by atoms with Gasteiger partial charge in [-0.05, 0) is 75.6 Å². The monoisotopic (exact) mass is 817 g/mol. The minimum absolute atomic E-state index is 0.0105. The van der Waals surface area contributed by atoms with Gasteiger partial charge >= 0.3 is 5.69 Å². The first kappa shape index (κ1) is 44.7. The van der Waals surface area contributed by atoms with E-state index in [0.29, 0.717) is 17.1 Å². The first-order chi connectivity index (χ1) is 28.0. The number of nitrogens with zero attached hydrogens (tertiary/aromatic N) is 4. The van der Waals surface area contributed by atoms with Crippen LogP contribution in [0.4, 0.5) is 5.82 Å². The van der Waals surface area contributed by atoms with Crippen molar-refractivity contribution >= 4 is 14.3 Å². The fourth-order valence-corrected chi connectivity index (χ4v) is 8.85. The van der Waals surface area contributed by atoms with Gasteiger partial charge in [-0.2, -0.15) is 10.2 Å². The van der Waals surface area contributed by atoms with Gasteiger partial charge in [0, 0.05) is 31.0 Å². The van der Waals surface area contributed by atoms with Crippen LogP contribution in [0.2, 0.25) is 0 Å². The molecule has 0 saturated carbocycles. The van der Waals surface area contributed by atoms with Crippen LogP contribution in [0.5, 0.6) is 11.5 Å². The van der Waals surface area contributed by atoms with E-state index in [1.54, 1.807) is 34.4 Å². The van der Waals surface area contributed by atoms with Crippen LogP contribution >= 0.6 is 8.53 Å². The average Bonchev–Trinajstić information content (AvgIpc) is 3.56. The summed E-state index contributed by atoms with van der Waals surface area (Å²) in [5, 5.41) is 9.43. The first-order valence-corrected chi connectivity index (χ1v) is 20.5. The molecule has 3 aromatic carbocycles. The molecule has 2 N–H and O–H groups in total. The van der Waals surface area contributed by atoms with Gasteiger partial charge in [-0.3, -0.25) is 4.57 Å². The molecule has 0 aliphatic carbocycles. The van der Waals surface area contributed by atoms with Crippen LogP contribution in [0.15, 0.2) is 89.9 Å². The molecule has 312 valence electrons. The van der Waals surface area contributed by atoms with Crippen molar-refractivity contribution in [2.24, 2.45) is 0 Å². The Morgan fingerprint density at radius 1 is 0.879 bits per heavy atom. The Morgan fingerprint density at radius 2 is 1.47 bits per heavy atom. The molecule has 5 rings (SSSR count). The Hall–Kier alpha value is -4.42. The fraction of sp³-hybridized carbons (Fsp3) is 0.465. The molecular formula is C43H56N5O9P. The molecule has 5 atom stereocenters. The minimum atomic E-state index is -1.80. The Morgan fingerprint density at radius 3 is 2.00 bits per heavy atom. The van der Waals surface area contributed by atoms with E-state index < -0.39 is 44.4 Å². The van der Waals surface area contributed by atoms with Crippen molar-refractivity contribution in [1.29, 1.82) is 5.26 Å². The predicted molar refractivity (Wildman–Crippen MR) is 222 cm³/mol. The second kappa shape index (κ2) is 21.0. The zero-order valence-electron chi connectivity index (χ0n) is 34.6. The van der Waals surface area contributed by atoms with Crippen LogP contribution in [-0.4, -0.2) is 92.4 Å². The third kappa shape index (κ3) is 10.2. The quantitative estimate of drug-likeness (QED) is 0.0535. The van der Waals surface area contributed by atoms with Crippen molar-refractivity contribution in [3.05, 3.63) is 118 Å². The smallest absolute Gasteiger partial charge is 0.351 e. The third-order valence-corrected chi connectivity index (χ3v) is 12.0. The molecule has 14 nitrogen and oxygen atoms in total. The van der Waals surface area contributed by atoms with E-state index in [2.05, 4.69) is 43.4 Å². The van der Waals surface area contributed by atoms with Crippen LogP contribution in [0.1, 0.15) is 62.6 Å². The number of benzene rings is 3. The average molecular weight is 818 g/mol. The maximum atomic E-state index is 13.6. The Balaban J connectivity index is 1.69. The Bertz CT molecular complexity index is 1920. The molecule has 0 spiro atoms. The summed E-state index contributed by atoms with van der Waals surface area (Å²) in [7, 11) is 3.03. The summed E-state index contributed by atoms with van der Waals surface area (Å²) in [5.41, 5.74) is 7.37. The molecule has 0 amide bonds. The third-order valence-electron chi connectivity index (χ3n) is 9.84. The van der Waals surface area contributed by atoms with E-state index in [-0.39, 0.29) is 50.7 Å². The number of aromatic nitrogens is 2. The van der Waals surface area contributed by atoms with Crippen molar-refractivity contribution in [3.63, 3.8) is 0 Å². The van der Waals surface area contributed by atoms with Crippen LogP contribution in [-0.2, 0) is 33.6 Å². The minimum Gasteiger partial charge on any atom is -0.497 e. The topological polar surface area (TPSA) is 162 Å². The molecule has 58 heavy (non-hydrogen) atoms. The number of hydrogen-bond donors (Lipinski definition) is 1. The van der Waals surface area contributed by atoms with Gasteiger partial charge < -0.3 is 43.2 Å². The molecule has 1 aromatic heterocycles. The highest BCUT2D eigenvalue weighted by molar-refractivity contribution is 7.44. The SMILES string of the molecule is COCCOC1C(OP(OCCC#N)N(C(C)C)C(C)C)C(COC(c2ccccc2)(c2ccc(OC)cc2)c2ccc(OC)cc2)OC1n1cc(C)c(N)nc1=O. The molecule has 1 aliphatic heterocycles. The van der Waals surface area contributed by atoms with Crippen LogP contribution < -0.4 is 20.9 Å². The number of nitriles is 1. The molecule has 4 aromatic rings. The Kier molecular flexibility index (Phi) is 16.2. The highest BCUT2D eigenvalue weighted by Crippen LogP contribution is 2.51. The van der Waals surface area contributed by atoms with Gasteiger partial charge in [0.15, 0.2) is 6.23 Å². The molecule has 15 heteroatoms. The van der Waals surface area contributed by atoms with Gasteiger partial charge in [0.2, 0.25) is 0 Å². The second-order valence-electron chi connectivity index (χ2n) is 14.3. The first-order valence-electron chi connectivity index (χ1n) is 19.3. The van der Waals surface area contributed by atoms with E-state index >= 15 is 0 Å². The normalized spacial score (nSPS) is 18.8. The largest absolute Gasteiger partial charge is 0.497 e. The molecule has 0 radical (unpaired) electrons. The lowest BCUT2D eigenvalue weighted by atomic mass is 9.80. The zero-order chi connectivity index (χ0) is 41.8. The van der Waals surface area contributed by atoms with Gasteiger partial charge in [0.05, 0.1) is 53.1 Å². The van der Waals surface area contributed by atoms with E-state index in [1.807, 2.05) is 78.9 Å². The molecular weight excluding hydrogens is 761 g/mol. The standard InChI is InChI=1S/C43H56N5O9P/c1-29(2)48(30(3)4)58(55-24-12-23-44)57-38-37(56-41(39(38)53-26-25-50-6)47-27-31(5)40(45)46-42(47)49)28-54-43(32-13-10-9-11-14-32,33-15-19-35(51-7)20-16-33)34-17-21-36(52-8)22-18-34/h9-11,13-22,27,29-30,37-39,41H,12,24-26,28H2,1-8H3,(H2,45,46,49). The number of anilines is 1. The summed E-state index contributed by atoms with van der Waals surface area (Å²) in [4.78, 5) is 17.7. The Labute approximate surface area is 342 Å². The number of nitrogens with two attached hydrogens (primary N) is 1. The van der Waals surface area contributed by atoms with E-state index in [9.17, 15) is 10.1 Å². The van der Waals surface area contributed by atoms with Gasteiger partial charge in [-0.15, -0.1) is 0 Å². The van der Waals surface area contributed by atoms with Gasteiger partial charge in [-0.1, -0.05) is 54.6 Å². The molecule has 2 heterocycles. The highest BCUT2D eigenvalue weighted by atomic mass is 31.2. The molecule has 1 saturated heterocycles. The number of ether oxygens (including phenoxy) is 6. The lowest BCUT2D eigenvalue weighted by Crippen LogP contribution is -2.43. The molecule has 5 unspecified atom stereocenters. The number of rotatable bonds is 21. The van der Waals surface area contributed by atoms with Crippen LogP contribution in [0.25, 0.3) is 0 Å². The number of hydrogen-bond acceptors (Lipinski definition) is 13. The van der Waals surface area contributed by atoms with E-state index in [0.717, 1.165) is 16.7 Å². The number of aryl methyl sites for hydroxylation is 1. The van der Waals surface area contributed by atoms with Crippen LogP contribution in [0.3, 0.4) is 0 Å². The summed E-state index contributed by atoms with van der Waals surface area (Å²) >= 11 is 0. The molecule has 1 aliphatic rings. The van der Waals surface area contributed by atoms with Crippen molar-refractivity contribution in [1.82, 2.24) is 14.2 Å². The van der Waals surface area contributed by atoms with Crippen molar-refractivity contribution in [2.75, 3.05) is 53.5 Å². The summed E-state index contributed by atoms with van der Waals surface area (Å²) < 4.78 is 54.2. The second-order valence-corrected chi connectivity index (χ2v) is 15.7. The highest BCUT2D eigenvalue weighted by Gasteiger charge is 2.51. The van der Waals surface area contributed by atoms with E-state index in [4.69, 9.17) is 43.2 Å². The number of nitrogen functional groups attached to an aromatic ring is 1. The van der Waals surface area contributed by atoms with Gasteiger partial charge in [-0.25, -0.2) is 9.46 Å². The summed E-state index contributed by atoms with van der Waals surface area (Å²) in [5.74, 6) is 1.50. The van der Waals surface area contributed by atoms with Crippen molar-refractivity contribution < 1.29 is 37.5 Å². The molecule has 1 fully saturated rings.